The third-order valence-electron chi connectivity index (χ3n) is 3.83. The molecule has 4 nitrogen and oxygen atoms in total. The molecule has 0 saturated heterocycles. The molecule has 0 N–H and O–H groups in total. The highest BCUT2D eigenvalue weighted by Crippen LogP contribution is 2.33. The molecule has 6 heteroatoms. The Balaban J connectivity index is 1.98. The van der Waals surface area contributed by atoms with E-state index in [0.717, 1.165) is 11.6 Å². The number of benzene rings is 2. The summed E-state index contributed by atoms with van der Waals surface area (Å²) in [5, 5.41) is 0. The van der Waals surface area contributed by atoms with E-state index in [1.807, 2.05) is 30.3 Å². The quantitative estimate of drug-likeness (QED) is 0.853. The molecule has 3 rings (SSSR count). The summed E-state index contributed by atoms with van der Waals surface area (Å²) >= 11 is 0. The number of sulfonamides is 1. The van der Waals surface area contributed by atoms with Gasteiger partial charge < -0.3 is 4.74 Å². The average molecular weight is 321 g/mol. The fourth-order valence-corrected chi connectivity index (χ4v) is 4.07. The number of hydrogen-bond acceptors (Lipinski definition) is 3. The van der Waals surface area contributed by atoms with Crippen molar-refractivity contribution in [3.8, 4) is 5.75 Å². The highest BCUT2D eigenvalue weighted by molar-refractivity contribution is 7.89. The van der Waals surface area contributed by atoms with E-state index in [4.69, 9.17) is 4.74 Å². The SMILES string of the molecule is CN1[C@H](Cc2ccccc2)COc2cccc(F)c2S1(=O)=O. The maximum Gasteiger partial charge on any atom is 0.249 e. The minimum atomic E-state index is -3.92. The van der Waals surface area contributed by atoms with Crippen molar-refractivity contribution in [1.29, 1.82) is 0 Å². The summed E-state index contributed by atoms with van der Waals surface area (Å²) in [6.07, 6.45) is 0.506. The number of halogens is 1. The molecule has 0 aliphatic carbocycles. The fraction of sp³-hybridized carbons (Fsp3) is 0.250. The van der Waals surface area contributed by atoms with Crippen molar-refractivity contribution < 1.29 is 17.5 Å². The van der Waals surface area contributed by atoms with Crippen molar-refractivity contribution >= 4 is 10.0 Å². The number of nitrogens with zero attached hydrogens (tertiary/aromatic N) is 1. The molecule has 1 heterocycles. The highest BCUT2D eigenvalue weighted by atomic mass is 32.2. The lowest BCUT2D eigenvalue weighted by molar-refractivity contribution is 0.227. The van der Waals surface area contributed by atoms with Crippen molar-refractivity contribution in [2.24, 2.45) is 0 Å². The zero-order chi connectivity index (χ0) is 15.7. The Morgan fingerprint density at radius 3 is 2.64 bits per heavy atom. The molecule has 2 aromatic rings. The Hall–Kier alpha value is -1.92. The van der Waals surface area contributed by atoms with Crippen LogP contribution < -0.4 is 4.74 Å². The first-order chi connectivity index (χ1) is 10.5. The third-order valence-corrected chi connectivity index (χ3v) is 5.80. The lowest BCUT2D eigenvalue weighted by Gasteiger charge is -2.24. The van der Waals surface area contributed by atoms with Gasteiger partial charge >= 0.3 is 0 Å². The van der Waals surface area contributed by atoms with E-state index in [0.29, 0.717) is 6.42 Å². The molecule has 0 aromatic heterocycles. The van der Waals surface area contributed by atoms with Crippen molar-refractivity contribution in [2.75, 3.05) is 13.7 Å². The molecule has 0 bridgehead atoms. The number of rotatable bonds is 2. The molecule has 2 aromatic carbocycles. The van der Waals surface area contributed by atoms with Crippen LogP contribution >= 0.6 is 0 Å². The topological polar surface area (TPSA) is 46.6 Å². The molecule has 0 fully saturated rings. The van der Waals surface area contributed by atoms with Crippen LogP contribution in [-0.2, 0) is 16.4 Å². The van der Waals surface area contributed by atoms with Gasteiger partial charge in [-0.15, -0.1) is 0 Å². The summed E-state index contributed by atoms with van der Waals surface area (Å²) < 4.78 is 46.1. The van der Waals surface area contributed by atoms with Crippen molar-refractivity contribution in [2.45, 2.75) is 17.4 Å². The molecule has 22 heavy (non-hydrogen) atoms. The highest BCUT2D eigenvalue weighted by Gasteiger charge is 2.36. The van der Waals surface area contributed by atoms with E-state index < -0.39 is 15.8 Å². The van der Waals surface area contributed by atoms with Crippen LogP contribution in [0.4, 0.5) is 4.39 Å². The molecule has 0 unspecified atom stereocenters. The van der Waals surface area contributed by atoms with Crippen molar-refractivity contribution in [3.05, 3.63) is 59.9 Å². The Morgan fingerprint density at radius 1 is 1.18 bits per heavy atom. The van der Waals surface area contributed by atoms with Gasteiger partial charge in [0.05, 0.1) is 6.04 Å². The van der Waals surface area contributed by atoms with Gasteiger partial charge in [0.15, 0.2) is 4.90 Å². The van der Waals surface area contributed by atoms with Gasteiger partial charge in [0.2, 0.25) is 10.0 Å². The molecule has 0 amide bonds. The molecule has 0 spiro atoms. The van der Waals surface area contributed by atoms with Gasteiger partial charge in [-0.1, -0.05) is 36.4 Å². The van der Waals surface area contributed by atoms with Crippen molar-refractivity contribution in [3.63, 3.8) is 0 Å². The smallest absolute Gasteiger partial charge is 0.249 e. The van der Waals surface area contributed by atoms with E-state index in [1.165, 1.54) is 23.5 Å². The second-order valence-corrected chi connectivity index (χ2v) is 7.18. The van der Waals surface area contributed by atoms with E-state index >= 15 is 0 Å². The first kappa shape index (κ1) is 15.0. The normalized spacial score (nSPS) is 20.7. The number of fused-ring (bicyclic) bond motifs is 1. The summed E-state index contributed by atoms with van der Waals surface area (Å²) in [6.45, 7) is 0.182. The first-order valence-corrected chi connectivity index (χ1v) is 8.37. The summed E-state index contributed by atoms with van der Waals surface area (Å²) in [5.74, 6) is -0.716. The fourth-order valence-electron chi connectivity index (χ4n) is 2.56. The van der Waals surface area contributed by atoms with E-state index in [2.05, 4.69) is 0 Å². The molecule has 1 aliphatic rings. The number of likely N-dealkylation sites (N-methyl/N-ethyl adjacent to an activating group) is 1. The lowest BCUT2D eigenvalue weighted by atomic mass is 10.1. The minimum Gasteiger partial charge on any atom is -0.490 e. The predicted octanol–water partition coefficient (Wildman–Crippen LogP) is 2.45. The van der Waals surface area contributed by atoms with Crippen LogP contribution in [0.15, 0.2) is 53.4 Å². The van der Waals surface area contributed by atoms with Crippen molar-refractivity contribution in [1.82, 2.24) is 4.31 Å². The molecule has 1 aliphatic heterocycles. The maximum atomic E-state index is 14.0. The Morgan fingerprint density at radius 2 is 1.91 bits per heavy atom. The van der Waals surface area contributed by atoms with E-state index in [9.17, 15) is 12.8 Å². The largest absolute Gasteiger partial charge is 0.490 e. The molecule has 0 radical (unpaired) electrons. The Bertz CT molecular complexity index is 777. The van der Waals surface area contributed by atoms with Crippen LogP contribution in [0.3, 0.4) is 0 Å². The van der Waals surface area contributed by atoms with Gasteiger partial charge in [-0.2, -0.15) is 4.31 Å². The number of hydrogen-bond donors (Lipinski definition) is 0. The average Bonchev–Trinajstić information content (AvgIpc) is 2.59. The molecular formula is C16H16FNO3S. The van der Waals surface area contributed by atoms with Gasteiger partial charge in [0, 0.05) is 7.05 Å². The van der Waals surface area contributed by atoms with Gasteiger partial charge in [0.1, 0.15) is 18.2 Å². The zero-order valence-electron chi connectivity index (χ0n) is 12.1. The van der Waals surface area contributed by atoms with Gasteiger partial charge in [-0.25, -0.2) is 12.8 Å². The zero-order valence-corrected chi connectivity index (χ0v) is 12.9. The third kappa shape index (κ3) is 2.60. The van der Waals surface area contributed by atoms with Gasteiger partial charge in [-0.3, -0.25) is 0 Å². The maximum absolute atomic E-state index is 14.0. The molecular weight excluding hydrogens is 305 g/mol. The molecule has 116 valence electrons. The van der Waals surface area contributed by atoms with Crippen LogP contribution in [-0.4, -0.2) is 32.4 Å². The van der Waals surface area contributed by atoms with Gasteiger partial charge in [0.25, 0.3) is 0 Å². The Labute approximate surface area is 129 Å². The van der Waals surface area contributed by atoms with E-state index in [1.54, 1.807) is 0 Å². The monoisotopic (exact) mass is 321 g/mol. The minimum absolute atomic E-state index is 0.0717. The molecule has 0 saturated carbocycles. The lowest BCUT2D eigenvalue weighted by Crippen LogP contribution is -2.40. The second kappa shape index (κ2) is 5.70. The first-order valence-electron chi connectivity index (χ1n) is 6.93. The summed E-state index contributed by atoms with van der Waals surface area (Å²) in [6, 6.07) is 13.2. The second-order valence-electron chi connectivity index (χ2n) is 5.24. The van der Waals surface area contributed by atoms with Crippen LogP contribution in [0, 0.1) is 5.82 Å². The Kier molecular flexibility index (Phi) is 3.88. The van der Waals surface area contributed by atoms with Crippen LogP contribution in [0.1, 0.15) is 5.56 Å². The van der Waals surface area contributed by atoms with Gasteiger partial charge in [-0.05, 0) is 24.1 Å². The molecule has 1 atom stereocenters. The summed E-state index contributed by atoms with van der Waals surface area (Å²) in [5.41, 5.74) is 1.00. The summed E-state index contributed by atoms with van der Waals surface area (Å²) in [4.78, 5) is -0.381. The van der Waals surface area contributed by atoms with E-state index in [-0.39, 0.29) is 23.3 Å². The van der Waals surface area contributed by atoms with Crippen LogP contribution in [0.2, 0.25) is 0 Å². The summed E-state index contributed by atoms with van der Waals surface area (Å²) in [7, 11) is -2.46. The van der Waals surface area contributed by atoms with Crippen LogP contribution in [0.5, 0.6) is 5.75 Å². The predicted molar refractivity (Wildman–Crippen MR) is 80.8 cm³/mol. The van der Waals surface area contributed by atoms with Crippen LogP contribution in [0.25, 0.3) is 0 Å². The number of ether oxygens (including phenoxy) is 1. The standard InChI is InChI=1S/C16H16FNO3S/c1-18-13(10-12-6-3-2-4-7-12)11-21-15-9-5-8-14(17)16(15)22(18,19)20/h2-9,13H,10-11H2,1H3/t13-/m1/s1.